The summed E-state index contributed by atoms with van der Waals surface area (Å²) in [5, 5.41) is 3.38. The van der Waals surface area contributed by atoms with E-state index in [0.29, 0.717) is 0 Å². The monoisotopic (exact) mass is 198 g/mol. The molecule has 0 aromatic carbocycles. The molecule has 1 aliphatic rings. The van der Waals surface area contributed by atoms with Crippen LogP contribution in [0.25, 0.3) is 0 Å². The van der Waals surface area contributed by atoms with Crippen molar-refractivity contribution in [1.29, 1.82) is 0 Å². The Hall–Kier alpha value is -0.0800. The van der Waals surface area contributed by atoms with Gasteiger partial charge in [0.2, 0.25) is 0 Å². The molecule has 1 heterocycles. The molecule has 0 bridgehead atoms. The molecule has 0 saturated carbocycles. The Morgan fingerprint density at radius 3 is 2.79 bits per heavy atom. The summed E-state index contributed by atoms with van der Waals surface area (Å²) >= 11 is 0. The van der Waals surface area contributed by atoms with Crippen LogP contribution in [-0.4, -0.2) is 37.6 Å². The third-order valence-corrected chi connectivity index (χ3v) is 3.28. The van der Waals surface area contributed by atoms with E-state index in [1.807, 2.05) is 0 Å². The van der Waals surface area contributed by atoms with Crippen molar-refractivity contribution in [3.05, 3.63) is 0 Å². The fraction of sp³-hybridized carbons (Fsp3) is 1.00. The van der Waals surface area contributed by atoms with Gasteiger partial charge in [0.05, 0.1) is 0 Å². The Kier molecular flexibility index (Phi) is 6.20. The first-order valence-electron chi connectivity index (χ1n) is 6.29. The van der Waals surface area contributed by atoms with Gasteiger partial charge >= 0.3 is 0 Å². The van der Waals surface area contributed by atoms with Gasteiger partial charge in [-0.05, 0) is 51.4 Å². The van der Waals surface area contributed by atoms with Crippen LogP contribution >= 0.6 is 0 Å². The van der Waals surface area contributed by atoms with Crippen LogP contribution in [0, 0.1) is 5.92 Å². The summed E-state index contributed by atoms with van der Waals surface area (Å²) in [6, 6.07) is 0. The summed E-state index contributed by atoms with van der Waals surface area (Å²) in [6.07, 6.45) is 5.50. The van der Waals surface area contributed by atoms with E-state index in [1.54, 1.807) is 0 Å². The van der Waals surface area contributed by atoms with E-state index >= 15 is 0 Å². The van der Waals surface area contributed by atoms with Gasteiger partial charge in [-0.3, -0.25) is 0 Å². The molecule has 0 aromatic heterocycles. The quantitative estimate of drug-likeness (QED) is 0.630. The highest BCUT2D eigenvalue weighted by molar-refractivity contribution is 4.74. The molecule has 1 fully saturated rings. The molecule has 14 heavy (non-hydrogen) atoms. The van der Waals surface area contributed by atoms with Crippen molar-refractivity contribution in [3.63, 3.8) is 0 Å². The van der Waals surface area contributed by atoms with Crippen molar-refractivity contribution >= 4 is 0 Å². The molecule has 1 atom stereocenters. The Bertz CT molecular complexity index is 136. The average Bonchev–Trinajstić information content (AvgIpc) is 2.65. The van der Waals surface area contributed by atoms with E-state index in [-0.39, 0.29) is 0 Å². The minimum atomic E-state index is 0.990. The summed E-state index contributed by atoms with van der Waals surface area (Å²) in [6.45, 7) is 10.8. The average molecular weight is 198 g/mol. The Morgan fingerprint density at radius 2 is 2.14 bits per heavy atom. The van der Waals surface area contributed by atoms with Crippen LogP contribution in [-0.2, 0) is 0 Å². The van der Waals surface area contributed by atoms with Gasteiger partial charge in [0.25, 0.3) is 0 Å². The first kappa shape index (κ1) is 12.0. The van der Waals surface area contributed by atoms with E-state index < -0.39 is 0 Å². The van der Waals surface area contributed by atoms with Gasteiger partial charge in [-0.15, -0.1) is 0 Å². The third kappa shape index (κ3) is 4.43. The van der Waals surface area contributed by atoms with Gasteiger partial charge in [0, 0.05) is 6.54 Å². The molecular weight excluding hydrogens is 172 g/mol. The third-order valence-electron chi connectivity index (χ3n) is 3.28. The van der Waals surface area contributed by atoms with Gasteiger partial charge in [-0.25, -0.2) is 0 Å². The van der Waals surface area contributed by atoms with Crippen LogP contribution in [0.1, 0.15) is 39.5 Å². The molecule has 1 aliphatic heterocycles. The second kappa shape index (κ2) is 7.24. The molecule has 1 N–H and O–H groups in total. The lowest BCUT2D eigenvalue weighted by molar-refractivity contribution is 0.314. The predicted molar refractivity (Wildman–Crippen MR) is 62.6 cm³/mol. The Balaban J connectivity index is 1.92. The molecule has 1 unspecified atom stereocenters. The molecule has 0 aromatic rings. The fourth-order valence-corrected chi connectivity index (χ4v) is 2.21. The zero-order valence-electron chi connectivity index (χ0n) is 9.89. The number of nitrogens with zero attached hydrogens (tertiary/aromatic N) is 1. The normalized spacial score (nSPS) is 23.1. The Labute approximate surface area is 89.1 Å². The number of unbranched alkanes of at least 4 members (excludes halogenated alkanes) is 1. The largest absolute Gasteiger partial charge is 0.317 e. The minimum Gasteiger partial charge on any atom is -0.317 e. The van der Waals surface area contributed by atoms with Crippen LogP contribution < -0.4 is 5.32 Å². The SMILES string of the molecule is CCNCCCCN1CCC(CC)C1. The summed E-state index contributed by atoms with van der Waals surface area (Å²) < 4.78 is 0. The number of rotatable bonds is 7. The molecule has 2 nitrogen and oxygen atoms in total. The predicted octanol–water partition coefficient (Wildman–Crippen LogP) is 2.11. The van der Waals surface area contributed by atoms with Crippen LogP contribution in [0.2, 0.25) is 0 Å². The summed E-state index contributed by atoms with van der Waals surface area (Å²) in [5.74, 6) is 0.990. The molecule has 1 rings (SSSR count). The van der Waals surface area contributed by atoms with Crippen molar-refractivity contribution in [2.75, 3.05) is 32.7 Å². The maximum Gasteiger partial charge on any atom is 0.00100 e. The maximum atomic E-state index is 3.38. The summed E-state index contributed by atoms with van der Waals surface area (Å²) in [7, 11) is 0. The first-order chi connectivity index (χ1) is 6.86. The summed E-state index contributed by atoms with van der Waals surface area (Å²) in [4.78, 5) is 2.64. The smallest absolute Gasteiger partial charge is 0.00100 e. The second-order valence-electron chi connectivity index (χ2n) is 4.42. The number of nitrogens with one attached hydrogen (secondary N) is 1. The lowest BCUT2D eigenvalue weighted by atomic mass is 10.1. The van der Waals surface area contributed by atoms with Crippen LogP contribution in [0.5, 0.6) is 0 Å². The molecule has 84 valence electrons. The standard InChI is InChI=1S/C12H26N2/c1-3-12-7-10-14(11-12)9-6-5-8-13-4-2/h12-13H,3-11H2,1-2H3. The van der Waals surface area contributed by atoms with Crippen molar-refractivity contribution in [1.82, 2.24) is 10.2 Å². The zero-order valence-corrected chi connectivity index (χ0v) is 9.89. The number of hydrogen-bond donors (Lipinski definition) is 1. The van der Waals surface area contributed by atoms with Crippen LogP contribution in [0.4, 0.5) is 0 Å². The molecule has 1 saturated heterocycles. The molecule has 2 heteroatoms. The minimum absolute atomic E-state index is 0.990. The highest BCUT2D eigenvalue weighted by atomic mass is 15.1. The topological polar surface area (TPSA) is 15.3 Å². The molecule has 0 amide bonds. The number of hydrogen-bond acceptors (Lipinski definition) is 2. The number of likely N-dealkylation sites (tertiary alicyclic amines) is 1. The van der Waals surface area contributed by atoms with Gasteiger partial charge in [-0.2, -0.15) is 0 Å². The van der Waals surface area contributed by atoms with E-state index in [2.05, 4.69) is 24.1 Å². The highest BCUT2D eigenvalue weighted by Crippen LogP contribution is 2.18. The fourth-order valence-electron chi connectivity index (χ4n) is 2.21. The van der Waals surface area contributed by atoms with E-state index in [4.69, 9.17) is 0 Å². The lowest BCUT2D eigenvalue weighted by Crippen LogP contribution is -2.23. The molecule has 0 spiro atoms. The van der Waals surface area contributed by atoms with Crippen LogP contribution in [0.15, 0.2) is 0 Å². The zero-order chi connectivity index (χ0) is 10.2. The van der Waals surface area contributed by atoms with E-state index in [9.17, 15) is 0 Å². The highest BCUT2D eigenvalue weighted by Gasteiger charge is 2.19. The Morgan fingerprint density at radius 1 is 1.29 bits per heavy atom. The second-order valence-corrected chi connectivity index (χ2v) is 4.42. The lowest BCUT2D eigenvalue weighted by Gasteiger charge is -2.15. The van der Waals surface area contributed by atoms with Gasteiger partial charge < -0.3 is 10.2 Å². The van der Waals surface area contributed by atoms with Gasteiger partial charge in [0.15, 0.2) is 0 Å². The van der Waals surface area contributed by atoms with Crippen molar-refractivity contribution < 1.29 is 0 Å². The maximum absolute atomic E-state index is 3.38. The van der Waals surface area contributed by atoms with Crippen LogP contribution in [0.3, 0.4) is 0 Å². The first-order valence-corrected chi connectivity index (χ1v) is 6.29. The molecule has 0 radical (unpaired) electrons. The van der Waals surface area contributed by atoms with Crippen molar-refractivity contribution in [2.45, 2.75) is 39.5 Å². The summed E-state index contributed by atoms with van der Waals surface area (Å²) in [5.41, 5.74) is 0. The van der Waals surface area contributed by atoms with E-state index in [1.165, 1.54) is 51.9 Å². The van der Waals surface area contributed by atoms with Gasteiger partial charge in [0.1, 0.15) is 0 Å². The molecular formula is C12H26N2. The van der Waals surface area contributed by atoms with Crippen molar-refractivity contribution in [2.24, 2.45) is 5.92 Å². The van der Waals surface area contributed by atoms with Gasteiger partial charge in [-0.1, -0.05) is 20.3 Å². The molecule has 0 aliphatic carbocycles. The van der Waals surface area contributed by atoms with E-state index in [0.717, 1.165) is 12.5 Å². The van der Waals surface area contributed by atoms with Crippen molar-refractivity contribution in [3.8, 4) is 0 Å².